The summed E-state index contributed by atoms with van der Waals surface area (Å²) in [6, 6.07) is 0. The summed E-state index contributed by atoms with van der Waals surface area (Å²) < 4.78 is 16.9. The number of hydrogen-bond donors (Lipinski definition) is 0. The van der Waals surface area contributed by atoms with Crippen molar-refractivity contribution in [1.29, 1.82) is 0 Å². The van der Waals surface area contributed by atoms with Crippen LogP contribution in [0.15, 0.2) is 122 Å². The molecule has 0 heterocycles. The van der Waals surface area contributed by atoms with Gasteiger partial charge in [0, 0.05) is 19.3 Å². The van der Waals surface area contributed by atoms with Gasteiger partial charge in [-0.2, -0.15) is 0 Å². The summed E-state index contributed by atoms with van der Waals surface area (Å²) in [6.45, 7) is 6.47. The average molecular weight is 1050 g/mol. The van der Waals surface area contributed by atoms with Gasteiger partial charge in [0.25, 0.3) is 0 Å². The van der Waals surface area contributed by atoms with Crippen LogP contribution in [0.4, 0.5) is 0 Å². The monoisotopic (exact) mass is 1050 g/mol. The molecule has 0 aromatic heterocycles. The molecule has 0 aliphatic heterocycles. The van der Waals surface area contributed by atoms with Gasteiger partial charge in [0.15, 0.2) is 6.10 Å². The molecule has 0 saturated carbocycles. The van der Waals surface area contributed by atoms with Crippen molar-refractivity contribution in [2.24, 2.45) is 0 Å². The van der Waals surface area contributed by atoms with Crippen LogP contribution in [0.3, 0.4) is 0 Å². The molecule has 0 aromatic rings. The van der Waals surface area contributed by atoms with Crippen LogP contribution in [-0.2, 0) is 28.6 Å². The van der Waals surface area contributed by atoms with Gasteiger partial charge in [-0.15, -0.1) is 0 Å². The summed E-state index contributed by atoms with van der Waals surface area (Å²) in [5.41, 5.74) is 0. The Morgan fingerprint density at radius 1 is 0.276 bits per heavy atom. The van der Waals surface area contributed by atoms with E-state index in [9.17, 15) is 14.4 Å². The fourth-order valence-corrected chi connectivity index (χ4v) is 8.45. The zero-order valence-corrected chi connectivity index (χ0v) is 49.5. The van der Waals surface area contributed by atoms with E-state index in [1.165, 1.54) is 109 Å². The Kier molecular flexibility index (Phi) is 59.9. The van der Waals surface area contributed by atoms with Crippen molar-refractivity contribution in [2.45, 2.75) is 290 Å². The first-order valence-electron chi connectivity index (χ1n) is 31.5. The van der Waals surface area contributed by atoms with Crippen LogP contribution in [0.2, 0.25) is 0 Å². The van der Waals surface area contributed by atoms with Crippen molar-refractivity contribution in [1.82, 2.24) is 0 Å². The maximum atomic E-state index is 12.9. The lowest BCUT2D eigenvalue weighted by Gasteiger charge is -2.18. The van der Waals surface area contributed by atoms with Crippen LogP contribution >= 0.6 is 0 Å². The van der Waals surface area contributed by atoms with Crippen LogP contribution in [0.5, 0.6) is 0 Å². The first-order chi connectivity index (χ1) is 37.5. The highest BCUT2D eigenvalue weighted by atomic mass is 16.6. The number of ether oxygens (including phenoxy) is 3. The first-order valence-corrected chi connectivity index (χ1v) is 31.5. The van der Waals surface area contributed by atoms with Gasteiger partial charge in [0.05, 0.1) is 0 Å². The Morgan fingerprint density at radius 2 is 0.513 bits per heavy atom. The largest absolute Gasteiger partial charge is 0.462 e. The summed E-state index contributed by atoms with van der Waals surface area (Å²) in [5, 5.41) is 0. The smallest absolute Gasteiger partial charge is 0.306 e. The molecule has 6 nitrogen and oxygen atoms in total. The fraction of sp³-hybridized carbons (Fsp3) is 0.671. The second-order valence-corrected chi connectivity index (χ2v) is 20.6. The number of esters is 3. The number of carbonyl (C=O) groups is 3. The summed E-state index contributed by atoms with van der Waals surface area (Å²) in [6.07, 6.45) is 87.6. The van der Waals surface area contributed by atoms with Gasteiger partial charge < -0.3 is 14.2 Å². The SMILES string of the molecule is CC/C=C\C/C=C\C/C=C\C/C=C\C/C=C\C/C=C\C/C=C\CCCCCC(=O)OCC(COC(=O)CCCCCCC/C=C\CCCCCCCC)OC(=O)CCCCCCCCC/C=C\C/C=C\CCCCCC. The number of rotatable bonds is 56. The maximum Gasteiger partial charge on any atom is 0.306 e. The fourth-order valence-electron chi connectivity index (χ4n) is 8.45. The molecule has 76 heavy (non-hydrogen) atoms. The van der Waals surface area contributed by atoms with Crippen LogP contribution < -0.4 is 0 Å². The highest BCUT2D eigenvalue weighted by molar-refractivity contribution is 5.71. The molecule has 0 aliphatic carbocycles. The van der Waals surface area contributed by atoms with E-state index in [1.807, 2.05) is 0 Å². The van der Waals surface area contributed by atoms with Gasteiger partial charge in [-0.3, -0.25) is 14.4 Å². The van der Waals surface area contributed by atoms with Crippen molar-refractivity contribution in [3.8, 4) is 0 Å². The molecule has 432 valence electrons. The topological polar surface area (TPSA) is 78.9 Å². The van der Waals surface area contributed by atoms with Crippen molar-refractivity contribution in [2.75, 3.05) is 13.2 Å². The molecular formula is C70H116O6. The lowest BCUT2D eigenvalue weighted by atomic mass is 10.1. The highest BCUT2D eigenvalue weighted by Crippen LogP contribution is 2.14. The molecule has 0 amide bonds. The number of hydrogen-bond acceptors (Lipinski definition) is 6. The molecule has 0 spiro atoms. The second-order valence-electron chi connectivity index (χ2n) is 20.6. The second kappa shape index (κ2) is 63.3. The van der Waals surface area contributed by atoms with Crippen LogP contribution in [0.1, 0.15) is 284 Å². The normalized spacial score (nSPS) is 12.9. The van der Waals surface area contributed by atoms with E-state index in [0.29, 0.717) is 19.3 Å². The standard InChI is InChI=1S/C70H116O6/c1-4-7-10-13-16-19-22-25-28-30-32-33-34-35-36-37-38-40-42-45-48-51-54-57-60-63-69(72)75-66-67(65-74-68(71)62-59-56-53-50-47-44-41-27-24-21-18-15-12-9-6-3)76-70(73)64-61-58-55-52-49-46-43-39-31-29-26-23-20-17-14-11-8-5-2/h7,10,16,19-20,23,25,27-29,31-33,35-36,38,40-41,45,48,67H,4-6,8-9,11-15,17-18,21-22,24,26,30,34,37,39,42-44,46-47,49-66H2,1-3H3/b10-7-,19-16-,23-20-,28-25-,31-29-,33-32-,36-35-,40-38-,41-27-,48-45-. The molecule has 1 atom stereocenters. The third kappa shape index (κ3) is 60.7. The zero-order chi connectivity index (χ0) is 55.0. The van der Waals surface area contributed by atoms with Crippen LogP contribution in [0, 0.1) is 0 Å². The number of unbranched alkanes of at least 4 members (excludes halogenated alkanes) is 25. The van der Waals surface area contributed by atoms with Gasteiger partial charge in [-0.05, 0) is 135 Å². The molecule has 0 saturated heterocycles. The summed E-state index contributed by atoms with van der Waals surface area (Å²) in [7, 11) is 0. The van der Waals surface area contributed by atoms with E-state index in [-0.39, 0.29) is 31.1 Å². The zero-order valence-electron chi connectivity index (χ0n) is 49.5. The maximum absolute atomic E-state index is 12.9. The van der Waals surface area contributed by atoms with Crippen LogP contribution in [0.25, 0.3) is 0 Å². The molecule has 1 unspecified atom stereocenters. The minimum absolute atomic E-state index is 0.0984. The quantitative estimate of drug-likeness (QED) is 0.0261. The average Bonchev–Trinajstić information content (AvgIpc) is 3.42. The molecule has 0 aromatic carbocycles. The Hall–Kier alpha value is -4.19. The van der Waals surface area contributed by atoms with Crippen molar-refractivity contribution >= 4 is 17.9 Å². The summed E-state index contributed by atoms with van der Waals surface area (Å²) >= 11 is 0. The molecule has 0 radical (unpaired) electrons. The molecule has 0 fully saturated rings. The molecule has 0 aliphatic rings. The van der Waals surface area contributed by atoms with Gasteiger partial charge in [0.1, 0.15) is 13.2 Å². The van der Waals surface area contributed by atoms with E-state index in [1.54, 1.807) is 0 Å². The van der Waals surface area contributed by atoms with E-state index in [0.717, 1.165) is 135 Å². The lowest BCUT2D eigenvalue weighted by molar-refractivity contribution is -0.167. The molecule has 6 heteroatoms. The third-order valence-electron chi connectivity index (χ3n) is 13.2. The molecule has 0 bridgehead atoms. The van der Waals surface area contributed by atoms with Gasteiger partial charge in [0.2, 0.25) is 0 Å². The highest BCUT2D eigenvalue weighted by Gasteiger charge is 2.19. The number of carbonyl (C=O) groups excluding carboxylic acids is 3. The lowest BCUT2D eigenvalue weighted by Crippen LogP contribution is -2.30. The van der Waals surface area contributed by atoms with Crippen molar-refractivity contribution < 1.29 is 28.6 Å². The molecule has 0 N–H and O–H groups in total. The predicted molar refractivity (Wildman–Crippen MR) is 330 cm³/mol. The number of allylic oxidation sites excluding steroid dienone is 20. The van der Waals surface area contributed by atoms with Crippen LogP contribution in [-0.4, -0.2) is 37.2 Å². The van der Waals surface area contributed by atoms with Gasteiger partial charge >= 0.3 is 17.9 Å². The van der Waals surface area contributed by atoms with E-state index in [2.05, 4.69) is 142 Å². The predicted octanol–water partition coefficient (Wildman–Crippen LogP) is 21.6. The summed E-state index contributed by atoms with van der Waals surface area (Å²) in [5.74, 6) is -0.944. The third-order valence-corrected chi connectivity index (χ3v) is 13.2. The van der Waals surface area contributed by atoms with Crippen molar-refractivity contribution in [3.63, 3.8) is 0 Å². The minimum Gasteiger partial charge on any atom is -0.462 e. The Labute approximate surface area is 469 Å². The Balaban J connectivity index is 4.47. The van der Waals surface area contributed by atoms with E-state index < -0.39 is 6.10 Å². The van der Waals surface area contributed by atoms with Crippen molar-refractivity contribution in [3.05, 3.63) is 122 Å². The van der Waals surface area contributed by atoms with E-state index >= 15 is 0 Å². The Morgan fingerprint density at radius 3 is 0.842 bits per heavy atom. The van der Waals surface area contributed by atoms with E-state index in [4.69, 9.17) is 14.2 Å². The van der Waals surface area contributed by atoms with Gasteiger partial charge in [-0.25, -0.2) is 0 Å². The summed E-state index contributed by atoms with van der Waals surface area (Å²) in [4.78, 5) is 38.3. The Bertz CT molecular complexity index is 1590. The van der Waals surface area contributed by atoms with Gasteiger partial charge in [-0.1, -0.05) is 251 Å². The molecular weight excluding hydrogens is 937 g/mol. The minimum atomic E-state index is -0.804. The molecule has 0 rings (SSSR count). The first kappa shape index (κ1) is 71.8.